The molecule has 35 heavy (non-hydrogen) atoms. The summed E-state index contributed by atoms with van der Waals surface area (Å²) in [6, 6.07) is 20.3. The fraction of sp³-hybridized carbons (Fsp3) is 0.231. The Labute approximate surface area is 203 Å². The number of non-ortho nitro benzene ring substituents is 1. The highest BCUT2D eigenvalue weighted by molar-refractivity contribution is 6.09. The van der Waals surface area contributed by atoms with Gasteiger partial charge in [0.15, 0.2) is 0 Å². The molecule has 3 aromatic rings. The summed E-state index contributed by atoms with van der Waals surface area (Å²) in [5.74, 6) is 0.196. The van der Waals surface area contributed by atoms with Crippen LogP contribution in [0.3, 0.4) is 0 Å². The van der Waals surface area contributed by atoms with Gasteiger partial charge in [0.2, 0.25) is 0 Å². The van der Waals surface area contributed by atoms with Crippen molar-refractivity contribution in [3.8, 4) is 5.75 Å². The van der Waals surface area contributed by atoms with Crippen LogP contribution in [-0.4, -0.2) is 59.8 Å². The predicted octanol–water partition coefficient (Wildman–Crippen LogP) is 3.81. The van der Waals surface area contributed by atoms with E-state index in [0.717, 1.165) is 5.56 Å². The summed E-state index contributed by atoms with van der Waals surface area (Å²) in [6.45, 7) is 2.92. The van der Waals surface area contributed by atoms with E-state index >= 15 is 0 Å². The number of benzene rings is 3. The Hall–Kier alpha value is -4.24. The van der Waals surface area contributed by atoms with Crippen molar-refractivity contribution in [3.05, 3.63) is 99.6 Å². The number of carbonyl (C=O) groups is 2. The zero-order valence-corrected chi connectivity index (χ0v) is 19.3. The van der Waals surface area contributed by atoms with Crippen molar-refractivity contribution in [2.24, 2.45) is 0 Å². The van der Waals surface area contributed by atoms with Crippen molar-refractivity contribution < 1.29 is 19.2 Å². The number of hydrogen-bond donors (Lipinski definition) is 1. The second kappa shape index (κ2) is 10.8. The monoisotopic (exact) mass is 474 g/mol. The molecular formula is C26H26N4O5. The maximum absolute atomic E-state index is 13.3. The summed E-state index contributed by atoms with van der Waals surface area (Å²) < 4.78 is 5.13. The van der Waals surface area contributed by atoms with Crippen LogP contribution in [0, 0.1) is 10.1 Å². The normalized spacial score (nSPS) is 13.8. The van der Waals surface area contributed by atoms with Gasteiger partial charge >= 0.3 is 0 Å². The summed E-state index contributed by atoms with van der Waals surface area (Å²) >= 11 is 0. The van der Waals surface area contributed by atoms with E-state index in [1.54, 1.807) is 72.7 Å². The minimum atomic E-state index is -0.398. The van der Waals surface area contributed by atoms with Crippen LogP contribution in [0.15, 0.2) is 72.8 Å². The molecule has 0 bridgehead atoms. The van der Waals surface area contributed by atoms with Crippen LogP contribution in [0.2, 0.25) is 0 Å². The number of nitrogens with one attached hydrogen (secondary N) is 1. The van der Waals surface area contributed by atoms with E-state index in [-0.39, 0.29) is 17.5 Å². The summed E-state index contributed by atoms with van der Waals surface area (Å²) in [7, 11) is 1.56. The third-order valence-corrected chi connectivity index (χ3v) is 5.94. The Morgan fingerprint density at radius 3 is 2.37 bits per heavy atom. The average molecular weight is 475 g/mol. The molecule has 0 spiro atoms. The number of methoxy groups -OCH3 is 1. The maximum Gasteiger partial charge on any atom is 0.269 e. The lowest BCUT2D eigenvalue weighted by Gasteiger charge is -2.35. The molecule has 2 amide bonds. The van der Waals surface area contributed by atoms with Crippen molar-refractivity contribution >= 4 is 23.2 Å². The summed E-state index contributed by atoms with van der Waals surface area (Å²) in [4.78, 5) is 40.5. The third kappa shape index (κ3) is 5.82. The van der Waals surface area contributed by atoms with Crippen LogP contribution >= 0.6 is 0 Å². The number of para-hydroxylation sites is 1. The molecule has 3 aromatic carbocycles. The molecular weight excluding hydrogens is 448 g/mol. The molecule has 1 saturated heterocycles. The summed E-state index contributed by atoms with van der Waals surface area (Å²) in [6.07, 6.45) is 0. The highest BCUT2D eigenvalue weighted by atomic mass is 16.6. The molecule has 0 unspecified atom stereocenters. The van der Waals surface area contributed by atoms with Crippen molar-refractivity contribution in [1.82, 2.24) is 9.80 Å². The highest BCUT2D eigenvalue weighted by Gasteiger charge is 2.24. The smallest absolute Gasteiger partial charge is 0.269 e. The minimum Gasteiger partial charge on any atom is -0.497 e. The number of hydrogen-bond acceptors (Lipinski definition) is 6. The van der Waals surface area contributed by atoms with E-state index in [1.165, 1.54) is 6.07 Å². The van der Waals surface area contributed by atoms with Crippen molar-refractivity contribution in [2.75, 3.05) is 38.6 Å². The lowest BCUT2D eigenvalue weighted by atomic mass is 10.1. The molecule has 0 saturated carbocycles. The first-order valence-corrected chi connectivity index (χ1v) is 11.2. The van der Waals surface area contributed by atoms with Gasteiger partial charge < -0.3 is 15.0 Å². The van der Waals surface area contributed by atoms with Gasteiger partial charge in [-0.05, 0) is 42.0 Å². The summed E-state index contributed by atoms with van der Waals surface area (Å²) in [5.41, 5.74) is 2.29. The van der Waals surface area contributed by atoms with E-state index in [0.29, 0.717) is 55.3 Å². The molecule has 9 nitrogen and oxygen atoms in total. The van der Waals surface area contributed by atoms with Crippen molar-refractivity contribution in [2.45, 2.75) is 6.54 Å². The number of ether oxygens (including phenoxy) is 1. The lowest BCUT2D eigenvalue weighted by molar-refractivity contribution is -0.384. The van der Waals surface area contributed by atoms with Gasteiger partial charge in [0.05, 0.1) is 23.3 Å². The van der Waals surface area contributed by atoms with Gasteiger partial charge in [-0.1, -0.05) is 24.3 Å². The zero-order chi connectivity index (χ0) is 24.8. The number of anilines is 1. The van der Waals surface area contributed by atoms with Gasteiger partial charge in [0, 0.05) is 50.4 Å². The summed E-state index contributed by atoms with van der Waals surface area (Å²) in [5, 5.41) is 13.9. The SMILES string of the molecule is COc1ccc(C(=O)Nc2ccccc2C(=O)N2CCN(Cc3cccc([N+](=O)[O-])c3)CC2)cc1. The van der Waals surface area contributed by atoms with Gasteiger partial charge in [0.1, 0.15) is 5.75 Å². The van der Waals surface area contributed by atoms with E-state index in [1.807, 2.05) is 6.07 Å². The van der Waals surface area contributed by atoms with E-state index < -0.39 is 4.92 Å². The molecule has 0 radical (unpaired) electrons. The minimum absolute atomic E-state index is 0.0737. The highest BCUT2D eigenvalue weighted by Crippen LogP contribution is 2.21. The Kier molecular flexibility index (Phi) is 7.37. The predicted molar refractivity (Wildman–Crippen MR) is 132 cm³/mol. The molecule has 0 atom stereocenters. The number of rotatable bonds is 7. The number of nitrogens with zero attached hydrogens (tertiary/aromatic N) is 3. The number of amides is 2. The topological polar surface area (TPSA) is 105 Å². The zero-order valence-electron chi connectivity index (χ0n) is 19.3. The second-order valence-electron chi connectivity index (χ2n) is 8.22. The van der Waals surface area contributed by atoms with E-state index in [4.69, 9.17) is 4.74 Å². The molecule has 180 valence electrons. The fourth-order valence-electron chi connectivity index (χ4n) is 4.02. The van der Waals surface area contributed by atoms with E-state index in [2.05, 4.69) is 10.2 Å². The Balaban J connectivity index is 1.38. The number of nitro groups is 1. The molecule has 0 aromatic heterocycles. The van der Waals surface area contributed by atoms with Crippen molar-refractivity contribution in [3.63, 3.8) is 0 Å². The van der Waals surface area contributed by atoms with Crippen LogP contribution in [0.4, 0.5) is 11.4 Å². The maximum atomic E-state index is 13.3. The first kappa shape index (κ1) is 23.9. The number of carbonyl (C=O) groups excluding carboxylic acids is 2. The molecule has 9 heteroatoms. The Morgan fingerprint density at radius 2 is 1.69 bits per heavy atom. The van der Waals surface area contributed by atoms with Gasteiger partial charge in [-0.25, -0.2) is 0 Å². The van der Waals surface area contributed by atoms with Gasteiger partial charge in [-0.3, -0.25) is 24.6 Å². The van der Waals surface area contributed by atoms with Crippen LogP contribution in [0.5, 0.6) is 5.75 Å². The number of nitro benzene ring substituents is 1. The molecule has 1 aliphatic heterocycles. The van der Waals surface area contributed by atoms with Crippen LogP contribution < -0.4 is 10.1 Å². The molecule has 1 heterocycles. The first-order valence-electron chi connectivity index (χ1n) is 11.2. The lowest BCUT2D eigenvalue weighted by Crippen LogP contribution is -2.48. The quantitative estimate of drug-likeness (QED) is 0.412. The van der Waals surface area contributed by atoms with Crippen LogP contribution in [0.1, 0.15) is 26.3 Å². The van der Waals surface area contributed by atoms with Crippen LogP contribution in [-0.2, 0) is 6.54 Å². The van der Waals surface area contributed by atoms with Crippen molar-refractivity contribution in [1.29, 1.82) is 0 Å². The van der Waals surface area contributed by atoms with Crippen LogP contribution in [0.25, 0.3) is 0 Å². The first-order chi connectivity index (χ1) is 16.9. The Morgan fingerprint density at radius 1 is 0.971 bits per heavy atom. The second-order valence-corrected chi connectivity index (χ2v) is 8.22. The Bertz CT molecular complexity index is 1220. The van der Waals surface area contributed by atoms with Gasteiger partial charge in [-0.2, -0.15) is 0 Å². The average Bonchev–Trinajstić information content (AvgIpc) is 2.89. The molecule has 1 aliphatic rings. The molecule has 1 fully saturated rings. The fourth-order valence-corrected chi connectivity index (χ4v) is 4.02. The standard InChI is InChI=1S/C26H26N4O5/c1-35-22-11-9-20(10-12-22)25(31)27-24-8-3-2-7-23(24)26(32)29-15-13-28(14-16-29)18-19-5-4-6-21(17-19)30(33)34/h2-12,17H,13-16,18H2,1H3,(H,27,31). The molecule has 4 rings (SSSR count). The molecule has 0 aliphatic carbocycles. The third-order valence-electron chi connectivity index (χ3n) is 5.94. The number of piperazine rings is 1. The van der Waals surface area contributed by atoms with Gasteiger partial charge in [0.25, 0.3) is 17.5 Å². The largest absolute Gasteiger partial charge is 0.497 e. The van der Waals surface area contributed by atoms with E-state index in [9.17, 15) is 19.7 Å². The van der Waals surface area contributed by atoms with Gasteiger partial charge in [-0.15, -0.1) is 0 Å². The molecule has 1 N–H and O–H groups in total.